The maximum Gasteiger partial charge on any atom is 0.224 e. The van der Waals surface area contributed by atoms with Gasteiger partial charge in [-0.15, -0.1) is 0 Å². The van der Waals surface area contributed by atoms with Gasteiger partial charge in [0.2, 0.25) is 5.28 Å². The number of ether oxygens (including phenoxy) is 1. The molecule has 1 aliphatic heterocycles. The average Bonchev–Trinajstić information content (AvgIpc) is 2.32. The largest absolute Gasteiger partial charge is 0.394 e. The lowest BCUT2D eigenvalue weighted by molar-refractivity contribution is -0.146. The lowest BCUT2D eigenvalue weighted by Crippen LogP contribution is -2.57. The Labute approximate surface area is 110 Å². The fourth-order valence-corrected chi connectivity index (χ4v) is 2.56. The van der Waals surface area contributed by atoms with Crippen LogP contribution in [0.4, 0.5) is 11.5 Å². The minimum Gasteiger partial charge on any atom is -0.394 e. The van der Waals surface area contributed by atoms with Gasteiger partial charge in [0, 0.05) is 13.1 Å². The Bertz CT molecular complexity index is 451. The van der Waals surface area contributed by atoms with E-state index in [1.165, 1.54) is 12.6 Å². The fraction of sp³-hybridized carbons (Fsp3) is 0.636. The Morgan fingerprint density at radius 2 is 2.33 bits per heavy atom. The van der Waals surface area contributed by atoms with Crippen LogP contribution in [-0.2, 0) is 4.74 Å². The molecule has 0 aromatic carbocycles. The maximum absolute atomic E-state index is 5.85. The molecule has 1 saturated heterocycles. The normalized spacial score (nSPS) is 22.7. The van der Waals surface area contributed by atoms with Crippen molar-refractivity contribution in [1.29, 1.82) is 0 Å². The summed E-state index contributed by atoms with van der Waals surface area (Å²) in [5.41, 5.74) is 9.56. The first-order valence-electron chi connectivity index (χ1n) is 6.10. The van der Waals surface area contributed by atoms with Crippen molar-refractivity contribution < 1.29 is 4.74 Å². The lowest BCUT2D eigenvalue weighted by Gasteiger charge is -2.48. The summed E-state index contributed by atoms with van der Waals surface area (Å²) in [4.78, 5) is 7.93. The number of nitrogens with zero attached hydrogens (tertiary/aromatic N) is 3. The molecular weight excluding hydrogens is 254 g/mol. The summed E-state index contributed by atoms with van der Waals surface area (Å²) >= 11 is 5.77. The van der Waals surface area contributed by atoms with Gasteiger partial charge in [0.1, 0.15) is 0 Å². The molecule has 1 aliphatic carbocycles. The standard InChI is InChI=1S/C11H16ClN5O/c12-10-14-6-8(13)9(15-10)16-17-4-5-18-11(7-17)2-1-3-11/h6H,1-5,7,13H2,(H,14,15,16). The number of nitrogen functional groups attached to an aromatic ring is 1. The van der Waals surface area contributed by atoms with E-state index in [1.807, 2.05) is 0 Å². The van der Waals surface area contributed by atoms with Crippen LogP contribution in [0.5, 0.6) is 0 Å². The third-order valence-corrected chi connectivity index (χ3v) is 3.75. The number of nitrogens with two attached hydrogens (primary N) is 1. The van der Waals surface area contributed by atoms with Crippen LogP contribution in [0.2, 0.25) is 5.28 Å². The summed E-state index contributed by atoms with van der Waals surface area (Å²) in [6, 6.07) is 0. The molecule has 0 bridgehead atoms. The van der Waals surface area contributed by atoms with Crippen LogP contribution in [0.3, 0.4) is 0 Å². The number of hydrogen-bond donors (Lipinski definition) is 2. The summed E-state index contributed by atoms with van der Waals surface area (Å²) in [6.07, 6.45) is 5.02. The molecule has 3 N–H and O–H groups in total. The molecule has 1 saturated carbocycles. The first kappa shape index (κ1) is 12.0. The van der Waals surface area contributed by atoms with Gasteiger partial charge in [0.05, 0.1) is 24.1 Å². The molecule has 1 aromatic rings. The molecule has 1 aromatic heterocycles. The topological polar surface area (TPSA) is 76.3 Å². The predicted octanol–water partition coefficient (Wildman–Crippen LogP) is 1.29. The molecular formula is C11H16ClN5O. The summed E-state index contributed by atoms with van der Waals surface area (Å²) in [6.45, 7) is 2.39. The second-order valence-electron chi connectivity index (χ2n) is 4.86. The van der Waals surface area contributed by atoms with Crippen molar-refractivity contribution in [3.05, 3.63) is 11.5 Å². The molecule has 6 nitrogen and oxygen atoms in total. The van der Waals surface area contributed by atoms with Gasteiger partial charge in [-0.3, -0.25) is 0 Å². The van der Waals surface area contributed by atoms with Gasteiger partial charge < -0.3 is 15.9 Å². The third-order valence-electron chi connectivity index (χ3n) is 3.56. The number of morpholine rings is 1. The van der Waals surface area contributed by atoms with E-state index in [2.05, 4.69) is 20.4 Å². The van der Waals surface area contributed by atoms with Crippen molar-refractivity contribution in [1.82, 2.24) is 15.0 Å². The zero-order valence-electron chi connectivity index (χ0n) is 10.0. The van der Waals surface area contributed by atoms with E-state index < -0.39 is 0 Å². The Morgan fingerprint density at radius 1 is 1.50 bits per heavy atom. The van der Waals surface area contributed by atoms with E-state index in [9.17, 15) is 0 Å². The van der Waals surface area contributed by atoms with E-state index in [1.54, 1.807) is 0 Å². The van der Waals surface area contributed by atoms with Gasteiger partial charge in [0.25, 0.3) is 0 Å². The van der Waals surface area contributed by atoms with Crippen LogP contribution >= 0.6 is 11.6 Å². The van der Waals surface area contributed by atoms with Gasteiger partial charge in [-0.05, 0) is 30.9 Å². The van der Waals surface area contributed by atoms with Crippen molar-refractivity contribution in [3.8, 4) is 0 Å². The molecule has 18 heavy (non-hydrogen) atoms. The predicted molar refractivity (Wildman–Crippen MR) is 69.2 cm³/mol. The molecule has 3 rings (SSSR count). The number of halogens is 1. The Morgan fingerprint density at radius 3 is 3.06 bits per heavy atom. The molecule has 2 heterocycles. The second-order valence-corrected chi connectivity index (χ2v) is 5.20. The Hall–Kier alpha value is -1.11. The molecule has 0 unspecified atom stereocenters. The highest BCUT2D eigenvalue weighted by Gasteiger charge is 2.42. The zero-order chi connectivity index (χ0) is 12.6. The number of rotatable bonds is 2. The zero-order valence-corrected chi connectivity index (χ0v) is 10.8. The maximum atomic E-state index is 5.85. The minimum absolute atomic E-state index is 0.0385. The Balaban J connectivity index is 1.70. The summed E-state index contributed by atoms with van der Waals surface area (Å²) in [5, 5.41) is 2.29. The second kappa shape index (κ2) is 4.53. The minimum atomic E-state index is 0.0385. The third kappa shape index (κ3) is 2.23. The first-order chi connectivity index (χ1) is 8.67. The van der Waals surface area contributed by atoms with Crippen LogP contribution in [-0.4, -0.2) is 40.3 Å². The van der Waals surface area contributed by atoms with Gasteiger partial charge in [-0.2, -0.15) is 4.98 Å². The molecule has 0 atom stereocenters. The lowest BCUT2D eigenvalue weighted by atomic mass is 9.79. The summed E-state index contributed by atoms with van der Waals surface area (Å²) < 4.78 is 5.85. The van der Waals surface area contributed by atoms with Crippen molar-refractivity contribution in [2.75, 3.05) is 30.9 Å². The molecule has 0 amide bonds. The highest BCUT2D eigenvalue weighted by molar-refractivity contribution is 6.28. The van der Waals surface area contributed by atoms with Crippen LogP contribution < -0.4 is 11.2 Å². The molecule has 7 heteroatoms. The number of nitrogens with one attached hydrogen (secondary N) is 1. The Kier molecular flexibility index (Phi) is 3.01. The van der Waals surface area contributed by atoms with Crippen LogP contribution in [0.1, 0.15) is 19.3 Å². The highest BCUT2D eigenvalue weighted by atomic mass is 35.5. The van der Waals surface area contributed by atoms with E-state index in [0.29, 0.717) is 11.5 Å². The van der Waals surface area contributed by atoms with Crippen molar-refractivity contribution in [2.24, 2.45) is 0 Å². The molecule has 1 spiro atoms. The van der Waals surface area contributed by atoms with Gasteiger partial charge >= 0.3 is 0 Å². The van der Waals surface area contributed by atoms with Crippen molar-refractivity contribution in [3.63, 3.8) is 0 Å². The quantitative estimate of drug-likeness (QED) is 0.788. The van der Waals surface area contributed by atoms with Crippen LogP contribution in [0.25, 0.3) is 0 Å². The van der Waals surface area contributed by atoms with E-state index in [-0.39, 0.29) is 10.9 Å². The summed E-state index contributed by atoms with van der Waals surface area (Å²) in [7, 11) is 0. The smallest absolute Gasteiger partial charge is 0.224 e. The van der Waals surface area contributed by atoms with E-state index in [0.717, 1.165) is 32.5 Å². The molecule has 2 fully saturated rings. The van der Waals surface area contributed by atoms with Crippen molar-refractivity contribution >= 4 is 23.1 Å². The monoisotopic (exact) mass is 269 g/mol. The number of hydrogen-bond acceptors (Lipinski definition) is 6. The molecule has 0 radical (unpaired) electrons. The van der Waals surface area contributed by atoms with Gasteiger partial charge in [-0.1, -0.05) is 0 Å². The van der Waals surface area contributed by atoms with E-state index >= 15 is 0 Å². The highest BCUT2D eigenvalue weighted by Crippen LogP contribution is 2.38. The number of aromatic nitrogens is 2. The van der Waals surface area contributed by atoms with E-state index in [4.69, 9.17) is 22.1 Å². The fourth-order valence-electron chi connectivity index (χ4n) is 2.42. The molecule has 98 valence electrons. The van der Waals surface area contributed by atoms with Crippen molar-refractivity contribution in [2.45, 2.75) is 24.9 Å². The summed E-state index contributed by atoms with van der Waals surface area (Å²) in [5.74, 6) is 0.561. The van der Waals surface area contributed by atoms with Crippen LogP contribution in [0.15, 0.2) is 6.20 Å². The average molecular weight is 270 g/mol. The number of hydrazine groups is 1. The molecule has 2 aliphatic rings. The van der Waals surface area contributed by atoms with Crippen LogP contribution in [0, 0.1) is 0 Å². The van der Waals surface area contributed by atoms with Gasteiger partial charge in [0.15, 0.2) is 5.82 Å². The SMILES string of the molecule is Nc1cnc(Cl)nc1NN1CCOC2(CCC2)C1. The van der Waals surface area contributed by atoms with Gasteiger partial charge in [-0.25, -0.2) is 9.99 Å². The first-order valence-corrected chi connectivity index (χ1v) is 6.48. The number of anilines is 2.